The molecule has 0 atom stereocenters. The zero-order valence-corrected chi connectivity index (χ0v) is 21.8. The van der Waals surface area contributed by atoms with E-state index in [1.807, 2.05) is 6.20 Å². The molecular formula is C32H24IrN-. The van der Waals surface area contributed by atoms with Crippen molar-refractivity contribution in [3.05, 3.63) is 114 Å². The molecule has 0 aliphatic heterocycles. The van der Waals surface area contributed by atoms with Gasteiger partial charge in [-0.3, -0.25) is 0 Å². The number of rotatable bonds is 2. The third-order valence-electron chi connectivity index (χ3n) is 6.68. The molecule has 167 valence electrons. The van der Waals surface area contributed by atoms with E-state index >= 15 is 0 Å². The molecule has 1 aromatic heterocycles. The zero-order chi connectivity index (χ0) is 22.5. The molecule has 6 rings (SSSR count). The number of aryl methyl sites for hydroxylation is 3. The van der Waals surface area contributed by atoms with Crippen LogP contribution in [-0.2, 0) is 20.1 Å². The topological polar surface area (TPSA) is 12.9 Å². The minimum atomic E-state index is 0. The summed E-state index contributed by atoms with van der Waals surface area (Å²) < 4.78 is 0. The average molecular weight is 615 g/mol. The van der Waals surface area contributed by atoms with Crippen LogP contribution in [0.4, 0.5) is 0 Å². The Hall–Kier alpha value is -3.32. The number of benzene rings is 5. The predicted octanol–water partition coefficient (Wildman–Crippen LogP) is 8.60. The van der Waals surface area contributed by atoms with Crippen LogP contribution < -0.4 is 0 Å². The Balaban J connectivity index is 0.00000241. The van der Waals surface area contributed by atoms with Crippen LogP contribution in [0.25, 0.3) is 54.7 Å². The second-order valence-corrected chi connectivity index (χ2v) is 8.97. The quantitative estimate of drug-likeness (QED) is 0.141. The fraction of sp³-hybridized carbons (Fsp3) is 0.0938. The van der Waals surface area contributed by atoms with Gasteiger partial charge < -0.3 is 4.98 Å². The first-order valence-electron chi connectivity index (χ1n) is 11.4. The van der Waals surface area contributed by atoms with Crippen LogP contribution in [0.2, 0.25) is 0 Å². The van der Waals surface area contributed by atoms with E-state index in [-0.39, 0.29) is 20.1 Å². The van der Waals surface area contributed by atoms with Crippen molar-refractivity contribution in [1.82, 2.24) is 4.98 Å². The first-order chi connectivity index (χ1) is 16.1. The van der Waals surface area contributed by atoms with Crippen molar-refractivity contribution >= 4 is 32.3 Å². The van der Waals surface area contributed by atoms with E-state index in [1.165, 1.54) is 60.1 Å². The molecule has 0 fully saturated rings. The number of aromatic nitrogens is 1. The van der Waals surface area contributed by atoms with E-state index < -0.39 is 0 Å². The summed E-state index contributed by atoms with van der Waals surface area (Å²) in [5.74, 6) is 0. The summed E-state index contributed by atoms with van der Waals surface area (Å²) in [7, 11) is 0. The van der Waals surface area contributed by atoms with Crippen LogP contribution in [0.3, 0.4) is 0 Å². The molecule has 2 heteroatoms. The van der Waals surface area contributed by atoms with Crippen LogP contribution in [0.5, 0.6) is 0 Å². The fourth-order valence-electron chi connectivity index (χ4n) is 5.36. The molecule has 6 aromatic rings. The Labute approximate surface area is 213 Å². The fourth-order valence-corrected chi connectivity index (χ4v) is 5.36. The molecule has 0 aliphatic rings. The molecule has 1 nitrogen and oxygen atoms in total. The van der Waals surface area contributed by atoms with Crippen LogP contribution in [0.1, 0.15) is 16.7 Å². The van der Waals surface area contributed by atoms with Gasteiger partial charge in [0.25, 0.3) is 0 Å². The minimum Gasteiger partial charge on any atom is -0.305 e. The Kier molecular flexibility index (Phi) is 5.81. The van der Waals surface area contributed by atoms with E-state index in [0.29, 0.717) is 0 Å². The van der Waals surface area contributed by atoms with Gasteiger partial charge in [-0.2, -0.15) is 0 Å². The number of fused-ring (bicyclic) bond motifs is 6. The average Bonchev–Trinajstić information content (AvgIpc) is 2.83. The van der Waals surface area contributed by atoms with Gasteiger partial charge in [0, 0.05) is 26.3 Å². The predicted molar refractivity (Wildman–Crippen MR) is 141 cm³/mol. The molecule has 0 spiro atoms. The molecule has 0 amide bonds. The normalized spacial score (nSPS) is 11.1. The van der Waals surface area contributed by atoms with Gasteiger partial charge in [-0.05, 0) is 70.9 Å². The van der Waals surface area contributed by atoms with Crippen LogP contribution in [0.15, 0.2) is 91.1 Å². The Morgan fingerprint density at radius 3 is 1.79 bits per heavy atom. The summed E-state index contributed by atoms with van der Waals surface area (Å²) in [5, 5.41) is 7.57. The zero-order valence-electron chi connectivity index (χ0n) is 19.4. The third kappa shape index (κ3) is 3.64. The maximum absolute atomic E-state index is 4.73. The number of hydrogen-bond acceptors (Lipinski definition) is 1. The molecule has 0 aliphatic carbocycles. The van der Waals surface area contributed by atoms with Crippen LogP contribution in [-0.4, -0.2) is 4.98 Å². The minimum absolute atomic E-state index is 0. The van der Waals surface area contributed by atoms with Gasteiger partial charge >= 0.3 is 0 Å². The molecule has 5 aromatic carbocycles. The van der Waals surface area contributed by atoms with Crippen LogP contribution in [0, 0.1) is 26.8 Å². The van der Waals surface area contributed by atoms with Gasteiger partial charge in [0.05, 0.1) is 0 Å². The summed E-state index contributed by atoms with van der Waals surface area (Å²) in [6.07, 6.45) is 1.92. The van der Waals surface area contributed by atoms with Gasteiger partial charge in [-0.15, -0.1) is 23.8 Å². The van der Waals surface area contributed by atoms with Gasteiger partial charge in [0.15, 0.2) is 0 Å². The molecule has 1 radical (unpaired) electrons. The third-order valence-corrected chi connectivity index (χ3v) is 6.68. The van der Waals surface area contributed by atoms with E-state index in [4.69, 9.17) is 4.98 Å². The summed E-state index contributed by atoms with van der Waals surface area (Å²) in [4.78, 5) is 4.73. The summed E-state index contributed by atoms with van der Waals surface area (Å²) in [6, 6.07) is 34.1. The molecular weight excluding hydrogens is 591 g/mol. The standard InChI is InChI=1S/C32H24N.Ir/c1-20-16-21(2)32(22(3)17-20)24-14-15-33-31(19-24)23-12-13-29-27-10-5-4-8-25(27)26-9-6-7-11-28(26)30(29)18-23;/h4-11,13-19H,1-3H3;/q-1;. The smallest absolute Gasteiger partial charge is 0.0166 e. The second-order valence-electron chi connectivity index (χ2n) is 8.97. The maximum Gasteiger partial charge on any atom is 0.0166 e. The molecule has 0 unspecified atom stereocenters. The molecule has 0 saturated heterocycles. The largest absolute Gasteiger partial charge is 0.305 e. The first-order valence-corrected chi connectivity index (χ1v) is 11.4. The van der Waals surface area contributed by atoms with Crippen molar-refractivity contribution in [1.29, 1.82) is 0 Å². The second kappa shape index (κ2) is 8.80. The van der Waals surface area contributed by atoms with E-state index in [2.05, 4.69) is 112 Å². The van der Waals surface area contributed by atoms with Crippen molar-refractivity contribution < 1.29 is 20.1 Å². The number of pyridine rings is 1. The van der Waals surface area contributed by atoms with Crippen molar-refractivity contribution in [2.24, 2.45) is 0 Å². The van der Waals surface area contributed by atoms with E-state index in [0.717, 1.165) is 11.3 Å². The monoisotopic (exact) mass is 615 g/mol. The molecule has 0 N–H and O–H groups in total. The van der Waals surface area contributed by atoms with Gasteiger partial charge in [-0.25, -0.2) is 0 Å². The SMILES string of the molecule is Cc1cc(C)c(-c2ccnc(-c3[c-]cc4c5ccccc5c5ccccc5c4c3)c2)c(C)c1.[Ir]. The molecule has 34 heavy (non-hydrogen) atoms. The van der Waals surface area contributed by atoms with Gasteiger partial charge in [0.2, 0.25) is 0 Å². The Morgan fingerprint density at radius 1 is 0.618 bits per heavy atom. The van der Waals surface area contributed by atoms with E-state index in [9.17, 15) is 0 Å². The maximum atomic E-state index is 4.73. The first kappa shape index (κ1) is 22.5. The van der Waals surface area contributed by atoms with E-state index in [1.54, 1.807) is 0 Å². The van der Waals surface area contributed by atoms with Crippen molar-refractivity contribution in [3.63, 3.8) is 0 Å². The summed E-state index contributed by atoms with van der Waals surface area (Å²) in [5.41, 5.74) is 8.35. The Bertz CT molecular complexity index is 1640. The van der Waals surface area contributed by atoms with Crippen molar-refractivity contribution in [2.75, 3.05) is 0 Å². The van der Waals surface area contributed by atoms with Crippen LogP contribution >= 0.6 is 0 Å². The Morgan fingerprint density at radius 2 is 1.18 bits per heavy atom. The molecule has 0 bridgehead atoms. The summed E-state index contributed by atoms with van der Waals surface area (Å²) in [6.45, 7) is 6.53. The van der Waals surface area contributed by atoms with Crippen molar-refractivity contribution in [3.8, 4) is 22.4 Å². The van der Waals surface area contributed by atoms with Crippen molar-refractivity contribution in [2.45, 2.75) is 20.8 Å². The van der Waals surface area contributed by atoms with Gasteiger partial charge in [0.1, 0.15) is 0 Å². The molecule has 0 saturated carbocycles. The summed E-state index contributed by atoms with van der Waals surface area (Å²) >= 11 is 0. The molecule has 1 heterocycles. The number of hydrogen-bond donors (Lipinski definition) is 0. The number of nitrogens with zero attached hydrogens (tertiary/aromatic N) is 1. The van der Waals surface area contributed by atoms with Gasteiger partial charge in [-0.1, -0.05) is 88.5 Å².